The van der Waals surface area contributed by atoms with E-state index in [-0.39, 0.29) is 41.1 Å². The lowest BCUT2D eigenvalue weighted by Gasteiger charge is -2.28. The third-order valence-electron chi connectivity index (χ3n) is 8.93. The first kappa shape index (κ1) is 48.9. The van der Waals surface area contributed by atoms with Crippen molar-refractivity contribution in [1.82, 2.24) is 0 Å². The molecule has 0 fully saturated rings. The predicted octanol–water partition coefficient (Wildman–Crippen LogP) is 10.1. The Kier molecular flexibility index (Phi) is 20.3. The summed E-state index contributed by atoms with van der Waals surface area (Å²) in [6.45, 7) is 26.7. The van der Waals surface area contributed by atoms with Crippen molar-refractivity contribution in [3.63, 3.8) is 0 Å². The van der Waals surface area contributed by atoms with Crippen LogP contribution in [0.5, 0.6) is 11.5 Å². The Morgan fingerprint density at radius 1 is 0.558 bits per heavy atom. The zero-order valence-electron chi connectivity index (χ0n) is 34.9. The second kappa shape index (κ2) is 21.6. The fraction of sp³-hybridized carbons (Fsp3) is 0.682. The van der Waals surface area contributed by atoms with Crippen LogP contribution in [0.3, 0.4) is 0 Å². The SMILES string of the molecule is CC(C)(C)c1cc(CCC(=O)O)cc(C(C)(C)C)c1O.CC(C)(C)c1cc(CCC(=O)O)cc(C(C)(C)C)c1O.CCCCCCCCC(O)CO. The summed E-state index contributed by atoms with van der Waals surface area (Å²) in [7, 11) is 0. The van der Waals surface area contributed by atoms with Crippen LogP contribution in [0.25, 0.3) is 0 Å². The van der Waals surface area contributed by atoms with Gasteiger partial charge in [-0.1, -0.05) is 153 Å². The van der Waals surface area contributed by atoms with E-state index in [9.17, 15) is 19.8 Å². The number of hydrogen-bond acceptors (Lipinski definition) is 6. The summed E-state index contributed by atoms with van der Waals surface area (Å²) >= 11 is 0. The molecule has 1 atom stereocenters. The maximum atomic E-state index is 10.8. The molecule has 0 aliphatic rings. The molecule has 0 saturated heterocycles. The van der Waals surface area contributed by atoms with Gasteiger partial charge in [0.25, 0.3) is 0 Å². The first-order chi connectivity index (χ1) is 23.7. The van der Waals surface area contributed by atoms with E-state index < -0.39 is 18.0 Å². The summed E-state index contributed by atoms with van der Waals surface area (Å²) in [5.41, 5.74) is 4.76. The lowest BCUT2D eigenvalue weighted by Crippen LogP contribution is -2.18. The molecule has 0 radical (unpaired) electrons. The number of carboxylic acids is 2. The molecule has 0 aliphatic heterocycles. The highest BCUT2D eigenvalue weighted by molar-refractivity contribution is 5.67. The Bertz CT molecular complexity index is 1220. The molecule has 0 bridgehead atoms. The molecule has 0 heterocycles. The highest BCUT2D eigenvalue weighted by atomic mass is 16.4. The van der Waals surface area contributed by atoms with Gasteiger partial charge < -0.3 is 30.6 Å². The Balaban J connectivity index is 0.000000778. The molecule has 298 valence electrons. The van der Waals surface area contributed by atoms with Crippen molar-refractivity contribution in [2.75, 3.05) is 6.61 Å². The topological polar surface area (TPSA) is 156 Å². The summed E-state index contributed by atoms with van der Waals surface area (Å²) < 4.78 is 0. The van der Waals surface area contributed by atoms with Crippen LogP contribution in [0.2, 0.25) is 0 Å². The zero-order valence-corrected chi connectivity index (χ0v) is 34.9. The average molecular weight is 731 g/mol. The van der Waals surface area contributed by atoms with Gasteiger partial charge in [0.15, 0.2) is 0 Å². The maximum absolute atomic E-state index is 10.8. The number of phenolic OH excluding ortho intramolecular Hbond substituents is 2. The molecule has 8 nitrogen and oxygen atoms in total. The van der Waals surface area contributed by atoms with Gasteiger partial charge in [0, 0.05) is 12.8 Å². The normalized spacial score (nSPS) is 12.7. The van der Waals surface area contributed by atoms with Gasteiger partial charge >= 0.3 is 11.9 Å². The quantitative estimate of drug-likeness (QED) is 0.105. The minimum atomic E-state index is -0.798. The number of aryl methyl sites for hydroxylation is 2. The number of carboxylic acid groups (broad SMARTS) is 2. The van der Waals surface area contributed by atoms with Gasteiger partial charge in [-0.25, -0.2) is 0 Å². The number of aliphatic carboxylic acids is 2. The zero-order chi connectivity index (χ0) is 40.7. The minimum Gasteiger partial charge on any atom is -0.507 e. The first-order valence-electron chi connectivity index (χ1n) is 19.1. The van der Waals surface area contributed by atoms with Crippen LogP contribution < -0.4 is 0 Å². The van der Waals surface area contributed by atoms with Crippen molar-refractivity contribution in [3.8, 4) is 11.5 Å². The number of phenols is 2. The number of aromatic hydroxyl groups is 2. The molecule has 8 heteroatoms. The van der Waals surface area contributed by atoms with E-state index in [4.69, 9.17) is 20.4 Å². The van der Waals surface area contributed by atoms with Gasteiger partial charge in [0.05, 0.1) is 12.7 Å². The van der Waals surface area contributed by atoms with E-state index >= 15 is 0 Å². The number of benzene rings is 2. The smallest absolute Gasteiger partial charge is 0.303 e. The van der Waals surface area contributed by atoms with E-state index in [0.29, 0.717) is 24.3 Å². The van der Waals surface area contributed by atoms with E-state index in [1.54, 1.807) is 0 Å². The second-order valence-corrected chi connectivity index (χ2v) is 18.3. The van der Waals surface area contributed by atoms with Crippen LogP contribution in [0.1, 0.15) is 181 Å². The molecule has 0 spiro atoms. The summed E-state index contributed by atoms with van der Waals surface area (Å²) in [6, 6.07) is 7.75. The van der Waals surface area contributed by atoms with Crippen molar-refractivity contribution in [1.29, 1.82) is 0 Å². The first-order valence-corrected chi connectivity index (χ1v) is 19.1. The van der Waals surface area contributed by atoms with Crippen molar-refractivity contribution < 1.29 is 40.2 Å². The van der Waals surface area contributed by atoms with Crippen LogP contribution in [-0.2, 0) is 44.1 Å². The summed E-state index contributed by atoms with van der Waals surface area (Å²) in [5.74, 6) is -0.923. The lowest BCUT2D eigenvalue weighted by atomic mass is 9.78. The van der Waals surface area contributed by atoms with Crippen LogP contribution >= 0.6 is 0 Å². The molecule has 0 aromatic heterocycles. The number of aliphatic hydroxyl groups excluding tert-OH is 2. The van der Waals surface area contributed by atoms with Crippen molar-refractivity contribution in [3.05, 3.63) is 57.6 Å². The van der Waals surface area contributed by atoms with Gasteiger partial charge in [0.2, 0.25) is 0 Å². The fourth-order valence-corrected chi connectivity index (χ4v) is 5.72. The van der Waals surface area contributed by atoms with Crippen molar-refractivity contribution >= 4 is 11.9 Å². The van der Waals surface area contributed by atoms with Crippen LogP contribution in [0.4, 0.5) is 0 Å². The van der Waals surface area contributed by atoms with Crippen LogP contribution in [0, 0.1) is 0 Å². The molecule has 6 N–H and O–H groups in total. The molecule has 2 aromatic carbocycles. The van der Waals surface area contributed by atoms with Gasteiger partial charge in [-0.15, -0.1) is 0 Å². The molecule has 1 unspecified atom stereocenters. The molecule has 0 saturated carbocycles. The molecular formula is C44H74O8. The third kappa shape index (κ3) is 18.6. The van der Waals surface area contributed by atoms with E-state index in [1.807, 2.05) is 24.3 Å². The average Bonchev–Trinajstić information content (AvgIpc) is 2.99. The highest BCUT2D eigenvalue weighted by Crippen LogP contribution is 2.41. The van der Waals surface area contributed by atoms with Gasteiger partial charge in [-0.05, 0) is 74.3 Å². The lowest BCUT2D eigenvalue weighted by molar-refractivity contribution is -0.138. The highest BCUT2D eigenvalue weighted by Gasteiger charge is 2.28. The summed E-state index contributed by atoms with van der Waals surface area (Å²) in [6.07, 6.45) is 8.88. The predicted molar refractivity (Wildman–Crippen MR) is 214 cm³/mol. The number of aliphatic hydroxyl groups is 2. The second-order valence-electron chi connectivity index (χ2n) is 18.3. The largest absolute Gasteiger partial charge is 0.507 e. The van der Waals surface area contributed by atoms with Crippen LogP contribution in [-0.4, -0.2) is 55.3 Å². The number of hydrogen-bond donors (Lipinski definition) is 6. The van der Waals surface area contributed by atoms with Gasteiger partial charge in [0.1, 0.15) is 11.5 Å². The fourth-order valence-electron chi connectivity index (χ4n) is 5.72. The Morgan fingerprint density at radius 3 is 1.10 bits per heavy atom. The maximum Gasteiger partial charge on any atom is 0.303 e. The molecule has 2 aromatic rings. The molecule has 0 amide bonds. The Labute approximate surface area is 315 Å². The van der Waals surface area contributed by atoms with Gasteiger partial charge in [-0.2, -0.15) is 0 Å². The molecule has 0 aliphatic carbocycles. The summed E-state index contributed by atoms with van der Waals surface area (Å²) in [5, 5.41) is 56.3. The number of carbonyl (C=O) groups is 2. The summed E-state index contributed by atoms with van der Waals surface area (Å²) in [4.78, 5) is 21.5. The van der Waals surface area contributed by atoms with E-state index in [0.717, 1.165) is 46.2 Å². The molecule has 2 rings (SSSR count). The Hall–Kier alpha value is -3.10. The van der Waals surface area contributed by atoms with Crippen molar-refractivity contribution in [2.24, 2.45) is 0 Å². The molecule has 52 heavy (non-hydrogen) atoms. The van der Waals surface area contributed by atoms with E-state index in [1.165, 1.54) is 32.1 Å². The monoisotopic (exact) mass is 731 g/mol. The van der Waals surface area contributed by atoms with Gasteiger partial charge in [-0.3, -0.25) is 9.59 Å². The van der Waals surface area contributed by atoms with E-state index in [2.05, 4.69) is 90.0 Å². The Morgan fingerprint density at radius 2 is 0.846 bits per heavy atom. The standard InChI is InChI=1S/2C17H26O3.C10H22O2/c2*1-16(2,3)12-9-11(7-8-14(18)19)10-13(15(12)20)17(4,5)6;1-2-3-4-5-6-7-8-10(12)9-11/h2*9-10,20H,7-8H2,1-6H3,(H,18,19);10-12H,2-9H2,1H3. The van der Waals surface area contributed by atoms with Crippen molar-refractivity contribution in [2.45, 2.75) is 188 Å². The minimum absolute atomic E-state index is 0.0883. The molecular weight excluding hydrogens is 656 g/mol. The van der Waals surface area contributed by atoms with Crippen LogP contribution in [0.15, 0.2) is 24.3 Å². The third-order valence-corrected chi connectivity index (χ3v) is 8.93. The number of rotatable bonds is 14. The number of unbranched alkanes of at least 4 members (excludes halogenated alkanes) is 5.